The number of pyridine rings is 1. The van der Waals surface area contributed by atoms with Crippen molar-refractivity contribution in [2.24, 2.45) is 11.8 Å². The van der Waals surface area contributed by atoms with E-state index >= 15 is 0 Å². The number of rotatable bonds is 3. The summed E-state index contributed by atoms with van der Waals surface area (Å²) in [6.45, 7) is 0. The fourth-order valence-electron chi connectivity index (χ4n) is 4.53. The number of aromatic nitrogens is 2. The number of halogens is 2. The Labute approximate surface area is 165 Å². The van der Waals surface area contributed by atoms with Crippen LogP contribution < -0.4 is 5.32 Å². The Morgan fingerprint density at radius 3 is 2.74 bits per heavy atom. The standard InChI is InChI=1S/C20H17Cl2N3O2/c21-12-3-1-2-11(4-12)19(26)24-18-14-6-20(27,7-15(14)18)16-5-13(22)9-25-10-23-8-17(16)25/h1-5,8-10,14-15,18,27H,6-7H2,(H,24,26)/t14-,15+,18+,20-. The van der Waals surface area contributed by atoms with Crippen molar-refractivity contribution >= 4 is 34.6 Å². The van der Waals surface area contributed by atoms with Crippen LogP contribution in [0.1, 0.15) is 28.8 Å². The lowest BCUT2D eigenvalue weighted by atomic mass is 9.88. The topological polar surface area (TPSA) is 66.6 Å². The van der Waals surface area contributed by atoms with Gasteiger partial charge in [0.1, 0.15) is 0 Å². The minimum atomic E-state index is -0.946. The number of carbonyl (C=O) groups is 1. The second-order valence-corrected chi connectivity index (χ2v) is 8.41. The van der Waals surface area contributed by atoms with E-state index in [-0.39, 0.29) is 23.8 Å². The summed E-state index contributed by atoms with van der Waals surface area (Å²) in [5.74, 6) is 0.404. The van der Waals surface area contributed by atoms with E-state index in [0.29, 0.717) is 28.5 Å². The SMILES string of the molecule is O=C(N[C@H]1[C@@H]2C[C@](O)(c3cc(Cl)cn4cncc34)C[C@@H]21)c1cccc(Cl)c1. The molecule has 5 rings (SSSR count). The third-order valence-corrected chi connectivity index (χ3v) is 6.29. The highest BCUT2D eigenvalue weighted by atomic mass is 35.5. The van der Waals surface area contributed by atoms with Gasteiger partial charge in [-0.15, -0.1) is 0 Å². The van der Waals surface area contributed by atoms with Crippen LogP contribution in [0.3, 0.4) is 0 Å². The molecule has 7 heteroatoms. The fourth-order valence-corrected chi connectivity index (χ4v) is 4.94. The normalized spacial score (nSPS) is 28.9. The molecule has 27 heavy (non-hydrogen) atoms. The molecular weight excluding hydrogens is 385 g/mol. The van der Waals surface area contributed by atoms with Crippen LogP contribution in [-0.4, -0.2) is 26.4 Å². The molecule has 3 aromatic rings. The van der Waals surface area contributed by atoms with E-state index in [0.717, 1.165) is 11.1 Å². The number of amides is 1. The Morgan fingerprint density at radius 1 is 1.22 bits per heavy atom. The average molecular weight is 402 g/mol. The zero-order chi connectivity index (χ0) is 18.8. The van der Waals surface area contributed by atoms with Gasteiger partial charge >= 0.3 is 0 Å². The van der Waals surface area contributed by atoms with E-state index in [1.54, 1.807) is 43.0 Å². The Kier molecular flexibility index (Phi) is 3.76. The first kappa shape index (κ1) is 17.0. The molecule has 2 heterocycles. The van der Waals surface area contributed by atoms with Gasteiger partial charge in [-0.3, -0.25) is 4.79 Å². The predicted octanol–water partition coefficient (Wildman–Crippen LogP) is 3.67. The molecule has 0 spiro atoms. The van der Waals surface area contributed by atoms with Crippen molar-refractivity contribution in [3.63, 3.8) is 0 Å². The molecule has 0 radical (unpaired) electrons. The number of benzene rings is 1. The number of hydrogen-bond donors (Lipinski definition) is 2. The van der Waals surface area contributed by atoms with Crippen molar-refractivity contribution in [3.8, 4) is 0 Å². The van der Waals surface area contributed by atoms with Crippen LogP contribution >= 0.6 is 23.2 Å². The van der Waals surface area contributed by atoms with Crippen molar-refractivity contribution in [1.82, 2.24) is 14.7 Å². The van der Waals surface area contributed by atoms with Gasteiger partial charge in [0.25, 0.3) is 5.91 Å². The zero-order valence-electron chi connectivity index (χ0n) is 14.3. The number of aliphatic hydroxyl groups is 1. The maximum atomic E-state index is 12.4. The largest absolute Gasteiger partial charge is 0.385 e. The summed E-state index contributed by atoms with van der Waals surface area (Å²) in [7, 11) is 0. The maximum absolute atomic E-state index is 12.4. The minimum Gasteiger partial charge on any atom is -0.385 e. The quantitative estimate of drug-likeness (QED) is 0.703. The van der Waals surface area contributed by atoms with Crippen LogP contribution in [0.2, 0.25) is 10.0 Å². The highest BCUT2D eigenvalue weighted by molar-refractivity contribution is 6.31. The van der Waals surface area contributed by atoms with Gasteiger partial charge in [0, 0.05) is 28.4 Å². The third-order valence-electron chi connectivity index (χ3n) is 5.85. The molecule has 138 valence electrons. The number of carbonyl (C=O) groups excluding carboxylic acids is 1. The summed E-state index contributed by atoms with van der Waals surface area (Å²) in [5, 5.41) is 15.5. The van der Waals surface area contributed by atoms with E-state index in [4.69, 9.17) is 23.2 Å². The summed E-state index contributed by atoms with van der Waals surface area (Å²) >= 11 is 12.2. The van der Waals surface area contributed by atoms with Crippen LogP contribution in [-0.2, 0) is 5.60 Å². The Morgan fingerprint density at radius 2 is 2.00 bits per heavy atom. The summed E-state index contributed by atoms with van der Waals surface area (Å²) in [6, 6.07) is 8.83. The first-order valence-electron chi connectivity index (χ1n) is 8.85. The molecule has 0 aliphatic heterocycles. The third kappa shape index (κ3) is 2.81. The predicted molar refractivity (Wildman–Crippen MR) is 103 cm³/mol. The minimum absolute atomic E-state index is 0.0943. The molecule has 2 aliphatic carbocycles. The molecule has 4 atom stereocenters. The van der Waals surface area contributed by atoms with E-state index in [1.165, 1.54) is 0 Å². The van der Waals surface area contributed by atoms with Crippen molar-refractivity contribution in [3.05, 3.63) is 70.2 Å². The number of imidazole rings is 1. The smallest absolute Gasteiger partial charge is 0.251 e. The first-order valence-corrected chi connectivity index (χ1v) is 9.61. The lowest BCUT2D eigenvalue weighted by Gasteiger charge is -2.27. The molecule has 1 aromatic carbocycles. The van der Waals surface area contributed by atoms with Crippen LogP contribution in [0.25, 0.3) is 5.52 Å². The molecule has 2 aromatic heterocycles. The molecule has 0 saturated heterocycles. The average Bonchev–Trinajstić information content (AvgIpc) is 3.01. The molecule has 2 aliphatic rings. The van der Waals surface area contributed by atoms with E-state index in [9.17, 15) is 9.90 Å². The van der Waals surface area contributed by atoms with Gasteiger partial charge < -0.3 is 14.8 Å². The van der Waals surface area contributed by atoms with E-state index in [1.807, 2.05) is 10.5 Å². The summed E-state index contributed by atoms with van der Waals surface area (Å²) < 4.78 is 1.83. The van der Waals surface area contributed by atoms with Gasteiger partial charge in [0.05, 0.1) is 28.7 Å². The Hall–Kier alpha value is -2.08. The zero-order valence-corrected chi connectivity index (χ0v) is 15.8. The van der Waals surface area contributed by atoms with E-state index < -0.39 is 5.60 Å². The van der Waals surface area contributed by atoms with Gasteiger partial charge in [-0.2, -0.15) is 0 Å². The fraction of sp³-hybridized carbons (Fsp3) is 0.300. The highest BCUT2D eigenvalue weighted by Gasteiger charge is 2.62. The lowest BCUT2D eigenvalue weighted by Crippen LogP contribution is -2.33. The molecule has 2 N–H and O–H groups in total. The summed E-state index contributed by atoms with van der Waals surface area (Å²) in [6.07, 6.45) is 6.39. The van der Waals surface area contributed by atoms with Crippen molar-refractivity contribution in [1.29, 1.82) is 0 Å². The van der Waals surface area contributed by atoms with E-state index in [2.05, 4.69) is 10.3 Å². The first-order chi connectivity index (χ1) is 12.9. The van der Waals surface area contributed by atoms with Crippen LogP contribution in [0.4, 0.5) is 0 Å². The number of nitrogens with one attached hydrogen (secondary N) is 1. The molecule has 1 amide bonds. The Bertz CT molecular complexity index is 1050. The van der Waals surface area contributed by atoms with Crippen LogP contribution in [0.15, 0.2) is 49.1 Å². The second kappa shape index (κ2) is 5.96. The number of hydrogen-bond acceptors (Lipinski definition) is 3. The number of fused-ring (bicyclic) bond motifs is 2. The molecule has 2 fully saturated rings. The highest BCUT2D eigenvalue weighted by Crippen LogP contribution is 2.60. The molecule has 0 unspecified atom stereocenters. The molecule has 0 bridgehead atoms. The van der Waals surface area contributed by atoms with Gasteiger partial charge in [-0.1, -0.05) is 29.3 Å². The van der Waals surface area contributed by atoms with Gasteiger partial charge in [0.2, 0.25) is 0 Å². The van der Waals surface area contributed by atoms with Crippen molar-refractivity contribution in [2.75, 3.05) is 0 Å². The molecular formula is C20H17Cl2N3O2. The van der Waals surface area contributed by atoms with Crippen molar-refractivity contribution in [2.45, 2.75) is 24.5 Å². The van der Waals surface area contributed by atoms with Crippen LogP contribution in [0, 0.1) is 11.8 Å². The lowest BCUT2D eigenvalue weighted by molar-refractivity contribution is 0.0289. The van der Waals surface area contributed by atoms with Crippen LogP contribution in [0.5, 0.6) is 0 Å². The molecule has 2 saturated carbocycles. The molecule has 5 nitrogen and oxygen atoms in total. The monoisotopic (exact) mass is 401 g/mol. The summed E-state index contributed by atoms with van der Waals surface area (Å²) in [4.78, 5) is 16.6. The van der Waals surface area contributed by atoms with Gasteiger partial charge in [-0.25, -0.2) is 4.98 Å². The second-order valence-electron chi connectivity index (χ2n) is 7.54. The maximum Gasteiger partial charge on any atom is 0.251 e. The van der Waals surface area contributed by atoms with Gasteiger partial charge in [0.15, 0.2) is 0 Å². The number of nitrogens with zero attached hydrogens (tertiary/aromatic N) is 2. The van der Waals surface area contributed by atoms with Crippen molar-refractivity contribution < 1.29 is 9.90 Å². The Balaban J connectivity index is 1.33. The summed E-state index contributed by atoms with van der Waals surface area (Å²) in [5.41, 5.74) is 1.28. The van der Waals surface area contributed by atoms with Gasteiger partial charge in [-0.05, 0) is 48.9 Å².